The molecule has 2 saturated heterocycles. The largest absolute Gasteiger partial charge is 0.394 e. The molecule has 0 spiro atoms. The van der Waals surface area contributed by atoms with Gasteiger partial charge in [0.25, 0.3) is 0 Å². The number of ether oxygens (including phenoxy) is 4. The maximum absolute atomic E-state index is 11.4. The Bertz CT molecular complexity index is 642. The normalized spacial score (nSPS) is 40.7. The zero-order chi connectivity index (χ0) is 26.1. The third-order valence-corrected chi connectivity index (χ3v) is 8.94. The molecule has 0 aromatic heterocycles. The van der Waals surface area contributed by atoms with Crippen LogP contribution < -0.4 is 11.5 Å². The van der Waals surface area contributed by atoms with Crippen molar-refractivity contribution in [2.45, 2.75) is 115 Å². The molecule has 2 aliphatic heterocycles. The molecule has 8 N–H and O–H groups in total. The number of hydrogen-bond acceptors (Lipinski definition) is 10. The van der Waals surface area contributed by atoms with Gasteiger partial charge in [-0.25, -0.2) is 0 Å². The van der Waals surface area contributed by atoms with Gasteiger partial charge in [0.1, 0.15) is 0 Å². The summed E-state index contributed by atoms with van der Waals surface area (Å²) in [7, 11) is 1.45. The van der Waals surface area contributed by atoms with Crippen LogP contribution in [0.5, 0.6) is 0 Å². The number of rotatable bonds is 10. The Balaban J connectivity index is 2.50. The number of hydrogen-bond donors (Lipinski definition) is 6. The smallest absolute Gasteiger partial charge is 0.176 e. The van der Waals surface area contributed by atoms with Gasteiger partial charge in [-0.2, -0.15) is 0 Å². The first-order chi connectivity index (χ1) is 15.8. The zero-order valence-corrected chi connectivity index (χ0v) is 21.8. The first-order valence-corrected chi connectivity index (χ1v) is 12.5. The summed E-state index contributed by atoms with van der Waals surface area (Å²) in [4.78, 5) is 0. The highest BCUT2D eigenvalue weighted by Crippen LogP contribution is 2.54. The summed E-state index contributed by atoms with van der Waals surface area (Å²) in [5.41, 5.74) is 10.3. The van der Waals surface area contributed by atoms with Gasteiger partial charge in [-0.3, -0.25) is 0 Å². The summed E-state index contributed by atoms with van der Waals surface area (Å²) in [5, 5.41) is 42.4. The second-order valence-corrected chi connectivity index (χ2v) is 10.6. The maximum Gasteiger partial charge on any atom is 0.176 e. The minimum absolute atomic E-state index is 0.290. The van der Waals surface area contributed by atoms with E-state index in [1.807, 2.05) is 27.7 Å². The number of methoxy groups -OCH3 is 1. The highest BCUT2D eigenvalue weighted by Gasteiger charge is 2.61. The Hall–Kier alpha value is -0.400. The fourth-order valence-corrected chi connectivity index (χ4v) is 6.30. The van der Waals surface area contributed by atoms with E-state index in [0.717, 1.165) is 0 Å². The van der Waals surface area contributed by atoms with E-state index < -0.39 is 71.4 Å². The van der Waals surface area contributed by atoms with E-state index in [1.54, 1.807) is 13.8 Å². The summed E-state index contributed by atoms with van der Waals surface area (Å²) >= 11 is 0. The van der Waals surface area contributed by atoms with Gasteiger partial charge in [0.15, 0.2) is 12.6 Å². The van der Waals surface area contributed by atoms with Crippen molar-refractivity contribution in [1.82, 2.24) is 0 Å². The van der Waals surface area contributed by atoms with Crippen molar-refractivity contribution in [3.05, 3.63) is 0 Å². The molecule has 2 rings (SSSR count). The summed E-state index contributed by atoms with van der Waals surface area (Å²) in [6.45, 7) is 10.9. The van der Waals surface area contributed by atoms with Gasteiger partial charge in [-0.15, -0.1) is 0 Å². The predicted molar refractivity (Wildman–Crippen MR) is 127 cm³/mol. The SMILES string of the molecule is CCC(C)(O[C@@H]1OC(CO)C(C)(C)C(O)[C@@H]1N)C(CC)(CC)[C@@H]1C(CO)O[C@@H](OC)[C@@H](N)C1O. The van der Waals surface area contributed by atoms with Crippen LogP contribution in [0.2, 0.25) is 0 Å². The van der Waals surface area contributed by atoms with Gasteiger partial charge < -0.3 is 50.8 Å². The summed E-state index contributed by atoms with van der Waals surface area (Å²) in [5.74, 6) is -0.575. The van der Waals surface area contributed by atoms with E-state index in [0.29, 0.717) is 19.3 Å². The molecule has 0 saturated carbocycles. The van der Waals surface area contributed by atoms with Crippen LogP contribution >= 0.6 is 0 Å². The minimum atomic E-state index is -1.03. The zero-order valence-electron chi connectivity index (χ0n) is 21.8. The summed E-state index contributed by atoms with van der Waals surface area (Å²) in [6.07, 6.45) is -3.54. The Labute approximate surface area is 203 Å². The average molecular weight is 493 g/mol. The third-order valence-electron chi connectivity index (χ3n) is 8.94. The Morgan fingerprint density at radius 3 is 1.94 bits per heavy atom. The Morgan fingerprint density at radius 2 is 1.50 bits per heavy atom. The predicted octanol–water partition coefficient (Wildman–Crippen LogP) is 0.0777. The molecule has 10 heteroatoms. The van der Waals surface area contributed by atoms with Crippen LogP contribution in [0.4, 0.5) is 0 Å². The lowest BCUT2D eigenvalue weighted by molar-refractivity contribution is -0.338. The van der Waals surface area contributed by atoms with Crippen LogP contribution in [0, 0.1) is 16.7 Å². The standard InChI is InChI=1S/C24H48N2O8/c1-8-23(6,34-21-17(26)19(30)22(4,5)14(12-28)33-21)24(9-2,10-3)15-13(11-27)32-20(31-7)16(25)18(15)29/h13-21,27-30H,8-12,25-26H2,1-7H3/t13?,14?,15-,16+,17+,18?,19?,20-,21+,23?/m1/s1. The summed E-state index contributed by atoms with van der Waals surface area (Å²) < 4.78 is 24.0. The maximum atomic E-state index is 11.4. The molecule has 10 nitrogen and oxygen atoms in total. The van der Waals surface area contributed by atoms with E-state index >= 15 is 0 Å². The van der Waals surface area contributed by atoms with Crippen LogP contribution in [-0.2, 0) is 18.9 Å². The van der Waals surface area contributed by atoms with E-state index in [2.05, 4.69) is 0 Å². The van der Waals surface area contributed by atoms with Crippen molar-refractivity contribution >= 4 is 0 Å². The van der Waals surface area contributed by atoms with Crippen molar-refractivity contribution in [2.75, 3.05) is 20.3 Å². The first-order valence-electron chi connectivity index (χ1n) is 12.5. The second kappa shape index (κ2) is 11.3. The fourth-order valence-electron chi connectivity index (χ4n) is 6.30. The molecular formula is C24H48N2O8. The second-order valence-electron chi connectivity index (χ2n) is 10.6. The van der Waals surface area contributed by atoms with Gasteiger partial charge in [0.2, 0.25) is 0 Å². The lowest BCUT2D eigenvalue weighted by Gasteiger charge is -2.59. The molecular weight excluding hydrogens is 444 g/mol. The molecule has 0 aromatic rings. The number of nitrogens with two attached hydrogens (primary N) is 2. The summed E-state index contributed by atoms with van der Waals surface area (Å²) in [6, 6.07) is -1.66. The average Bonchev–Trinajstić information content (AvgIpc) is 2.83. The fraction of sp³-hybridized carbons (Fsp3) is 1.00. The monoisotopic (exact) mass is 492 g/mol. The molecule has 0 aliphatic carbocycles. The molecule has 0 amide bonds. The van der Waals surface area contributed by atoms with Crippen molar-refractivity contribution in [1.29, 1.82) is 0 Å². The molecule has 5 unspecified atom stereocenters. The molecule has 0 bridgehead atoms. The van der Waals surface area contributed by atoms with Crippen molar-refractivity contribution in [3.63, 3.8) is 0 Å². The molecule has 0 radical (unpaired) electrons. The van der Waals surface area contributed by atoms with E-state index in [9.17, 15) is 20.4 Å². The molecule has 10 atom stereocenters. The first kappa shape index (κ1) is 29.8. The van der Waals surface area contributed by atoms with Crippen molar-refractivity contribution in [3.8, 4) is 0 Å². The minimum Gasteiger partial charge on any atom is -0.394 e. The number of aliphatic hydroxyl groups excluding tert-OH is 4. The van der Waals surface area contributed by atoms with Crippen LogP contribution in [0.3, 0.4) is 0 Å². The third kappa shape index (κ3) is 4.79. The van der Waals surface area contributed by atoms with Crippen molar-refractivity contribution in [2.24, 2.45) is 28.2 Å². The molecule has 2 fully saturated rings. The highest BCUT2D eigenvalue weighted by molar-refractivity contribution is 5.08. The van der Waals surface area contributed by atoms with Crippen LogP contribution in [-0.4, -0.2) is 95.4 Å². The topological polar surface area (TPSA) is 170 Å². The Morgan fingerprint density at radius 1 is 0.912 bits per heavy atom. The Kier molecular flexibility index (Phi) is 9.94. The molecule has 202 valence electrons. The molecule has 34 heavy (non-hydrogen) atoms. The van der Waals surface area contributed by atoms with E-state index in [-0.39, 0.29) is 13.2 Å². The lowest BCUT2D eigenvalue weighted by atomic mass is 9.56. The van der Waals surface area contributed by atoms with E-state index in [1.165, 1.54) is 7.11 Å². The number of aliphatic hydroxyl groups is 4. The van der Waals surface area contributed by atoms with Gasteiger partial charge in [0, 0.05) is 23.9 Å². The van der Waals surface area contributed by atoms with Gasteiger partial charge in [-0.05, 0) is 26.2 Å². The van der Waals surface area contributed by atoms with Gasteiger partial charge in [-0.1, -0.05) is 34.6 Å². The quantitative estimate of drug-likeness (QED) is 0.245. The van der Waals surface area contributed by atoms with Crippen LogP contribution in [0.25, 0.3) is 0 Å². The molecule has 0 aromatic carbocycles. The van der Waals surface area contributed by atoms with E-state index in [4.69, 9.17) is 30.4 Å². The van der Waals surface area contributed by atoms with Gasteiger partial charge >= 0.3 is 0 Å². The highest BCUT2D eigenvalue weighted by atomic mass is 16.7. The van der Waals surface area contributed by atoms with Gasteiger partial charge in [0.05, 0.1) is 55.3 Å². The van der Waals surface area contributed by atoms with Crippen LogP contribution in [0.15, 0.2) is 0 Å². The lowest BCUT2D eigenvalue weighted by Crippen LogP contribution is -2.69. The molecule has 2 heterocycles. The molecule has 2 aliphatic rings. The van der Waals surface area contributed by atoms with Crippen LogP contribution in [0.1, 0.15) is 60.8 Å². The van der Waals surface area contributed by atoms with Crippen molar-refractivity contribution < 1.29 is 39.4 Å².